The van der Waals surface area contributed by atoms with Crippen molar-refractivity contribution >= 4 is 23.3 Å². The fourth-order valence-electron chi connectivity index (χ4n) is 0.964. The number of halogens is 1. The van der Waals surface area contributed by atoms with Crippen LogP contribution in [-0.4, -0.2) is 32.2 Å². The number of hydrogen-bond acceptors (Lipinski definition) is 6. The summed E-state index contributed by atoms with van der Waals surface area (Å²) in [7, 11) is 0. The largest absolute Gasteiger partial charge is 0.308 e. The van der Waals surface area contributed by atoms with Gasteiger partial charge in [-0.1, -0.05) is 0 Å². The molecule has 7 nitrogen and oxygen atoms in total. The highest BCUT2D eigenvalue weighted by molar-refractivity contribution is 6.19. The van der Waals surface area contributed by atoms with Crippen molar-refractivity contribution in [1.29, 1.82) is 0 Å². The Morgan fingerprint density at radius 2 is 2.31 bits per heavy atom. The fraction of sp³-hybridized carbons (Fsp3) is 0.500. The van der Waals surface area contributed by atoms with Crippen LogP contribution in [0, 0.1) is 6.92 Å². The zero-order chi connectivity index (χ0) is 12.0. The van der Waals surface area contributed by atoms with Gasteiger partial charge in [0.25, 0.3) is 0 Å². The van der Waals surface area contributed by atoms with Gasteiger partial charge in [-0.25, -0.2) is 9.87 Å². The van der Waals surface area contributed by atoms with E-state index in [0.717, 1.165) is 0 Å². The highest BCUT2D eigenvalue weighted by Gasteiger charge is 2.08. The minimum atomic E-state index is -0.250. The van der Waals surface area contributed by atoms with Crippen molar-refractivity contribution in [3.8, 4) is 0 Å². The lowest BCUT2D eigenvalue weighted by molar-refractivity contribution is -0.254. The van der Waals surface area contributed by atoms with Crippen LogP contribution in [-0.2, 0) is 16.3 Å². The summed E-state index contributed by atoms with van der Waals surface area (Å²) < 4.78 is 0. The van der Waals surface area contributed by atoms with Gasteiger partial charge in [-0.3, -0.25) is 10.1 Å². The molecule has 0 unspecified atom stereocenters. The molecule has 0 saturated heterocycles. The van der Waals surface area contributed by atoms with Crippen LogP contribution < -0.4 is 5.32 Å². The van der Waals surface area contributed by atoms with Crippen molar-refractivity contribution in [3.05, 3.63) is 11.5 Å². The van der Waals surface area contributed by atoms with Crippen molar-refractivity contribution < 1.29 is 14.9 Å². The van der Waals surface area contributed by atoms with Gasteiger partial charge in [0, 0.05) is 12.3 Å². The third-order valence-electron chi connectivity index (χ3n) is 1.68. The first-order chi connectivity index (χ1) is 7.67. The number of hydrogen-bond donors (Lipinski definition) is 2. The summed E-state index contributed by atoms with van der Waals surface area (Å²) in [6.45, 7) is 1.51. The summed E-state index contributed by atoms with van der Waals surface area (Å²) >= 11 is 5.41. The van der Waals surface area contributed by atoms with Crippen molar-refractivity contribution in [2.75, 3.05) is 11.2 Å². The van der Waals surface area contributed by atoms with Gasteiger partial charge in [0.2, 0.25) is 5.91 Å². The van der Waals surface area contributed by atoms with Crippen molar-refractivity contribution in [2.45, 2.75) is 20.0 Å². The van der Waals surface area contributed by atoms with E-state index in [9.17, 15) is 4.79 Å². The summed E-state index contributed by atoms with van der Waals surface area (Å²) in [4.78, 5) is 19.1. The average molecular weight is 247 g/mol. The minimum Gasteiger partial charge on any atom is -0.308 e. The fourth-order valence-corrected chi connectivity index (χ4v) is 1.14. The SMILES string of the molecule is Cc1nc(COO)nnc1NC(=O)CCCl. The van der Waals surface area contributed by atoms with Crippen molar-refractivity contribution in [2.24, 2.45) is 0 Å². The van der Waals surface area contributed by atoms with Crippen LogP contribution in [0.3, 0.4) is 0 Å². The molecule has 0 fully saturated rings. The van der Waals surface area contributed by atoms with Gasteiger partial charge in [-0.15, -0.1) is 21.8 Å². The van der Waals surface area contributed by atoms with E-state index in [1.54, 1.807) is 6.92 Å². The maximum absolute atomic E-state index is 11.2. The second kappa shape index (κ2) is 6.31. The molecule has 88 valence electrons. The van der Waals surface area contributed by atoms with Gasteiger partial charge < -0.3 is 5.32 Å². The Balaban J connectivity index is 2.71. The first-order valence-electron chi connectivity index (χ1n) is 4.49. The Morgan fingerprint density at radius 1 is 1.56 bits per heavy atom. The van der Waals surface area contributed by atoms with Crippen LogP contribution in [0.15, 0.2) is 0 Å². The summed E-state index contributed by atoms with van der Waals surface area (Å²) in [6.07, 6.45) is 0.199. The third-order valence-corrected chi connectivity index (χ3v) is 1.87. The molecule has 0 atom stereocenters. The predicted octanol–water partition coefficient (Wildman–Crippen LogP) is 0.737. The highest BCUT2D eigenvalue weighted by atomic mass is 35.5. The number of amides is 1. The van der Waals surface area contributed by atoms with Crippen molar-refractivity contribution in [1.82, 2.24) is 15.2 Å². The molecule has 1 aromatic heterocycles. The number of rotatable bonds is 5. The average Bonchev–Trinajstić information content (AvgIpc) is 2.23. The first-order valence-corrected chi connectivity index (χ1v) is 5.03. The zero-order valence-corrected chi connectivity index (χ0v) is 9.36. The van der Waals surface area contributed by atoms with Gasteiger partial charge in [0.1, 0.15) is 6.61 Å². The summed E-state index contributed by atoms with van der Waals surface area (Å²) in [5.74, 6) is 0.495. The lowest BCUT2D eigenvalue weighted by Crippen LogP contribution is -2.16. The summed E-state index contributed by atoms with van der Waals surface area (Å²) in [5, 5.41) is 18.1. The summed E-state index contributed by atoms with van der Waals surface area (Å²) in [5.41, 5.74) is 0.491. The monoisotopic (exact) mass is 246 g/mol. The number of aryl methyl sites for hydroxylation is 1. The van der Waals surface area contributed by atoms with Gasteiger partial charge in [0.15, 0.2) is 11.6 Å². The number of nitrogens with zero attached hydrogens (tertiary/aromatic N) is 3. The molecule has 0 spiro atoms. The molecule has 8 heteroatoms. The molecule has 1 rings (SSSR count). The molecule has 0 aliphatic heterocycles. The summed E-state index contributed by atoms with van der Waals surface area (Å²) in [6, 6.07) is 0. The second-order valence-electron chi connectivity index (χ2n) is 2.92. The predicted molar refractivity (Wildman–Crippen MR) is 55.9 cm³/mol. The smallest absolute Gasteiger partial charge is 0.226 e. The Labute approximate surface area is 96.7 Å². The Hall–Kier alpha value is -1.31. The lowest BCUT2D eigenvalue weighted by Gasteiger charge is -2.05. The third kappa shape index (κ3) is 3.69. The highest BCUT2D eigenvalue weighted by Crippen LogP contribution is 2.07. The number of nitrogens with one attached hydrogen (secondary N) is 1. The molecule has 16 heavy (non-hydrogen) atoms. The quantitative estimate of drug-likeness (QED) is 0.452. The van der Waals surface area contributed by atoms with Crippen LogP contribution in [0.5, 0.6) is 0 Å². The van der Waals surface area contributed by atoms with Crippen LogP contribution in [0.4, 0.5) is 5.82 Å². The first kappa shape index (κ1) is 12.8. The molecule has 0 aromatic carbocycles. The second-order valence-corrected chi connectivity index (χ2v) is 3.30. The molecule has 1 amide bonds. The van der Waals surface area contributed by atoms with Crippen molar-refractivity contribution in [3.63, 3.8) is 0 Å². The van der Waals surface area contributed by atoms with E-state index >= 15 is 0 Å². The van der Waals surface area contributed by atoms with E-state index in [1.165, 1.54) is 0 Å². The van der Waals surface area contributed by atoms with Gasteiger partial charge in [-0.2, -0.15) is 0 Å². The molecule has 0 bridgehead atoms. The Morgan fingerprint density at radius 3 is 2.88 bits per heavy atom. The maximum Gasteiger partial charge on any atom is 0.226 e. The molecule has 0 aliphatic carbocycles. The van der Waals surface area contributed by atoms with E-state index in [1.807, 2.05) is 0 Å². The van der Waals surface area contributed by atoms with E-state index in [2.05, 4.69) is 25.4 Å². The number of carbonyl (C=O) groups excluding carboxylic acids is 1. The van der Waals surface area contributed by atoms with Gasteiger partial charge in [-0.05, 0) is 6.92 Å². The molecular formula is C8H11ClN4O3. The minimum absolute atomic E-state index is 0.149. The normalized spacial score (nSPS) is 10.2. The molecule has 1 aromatic rings. The van der Waals surface area contributed by atoms with E-state index in [-0.39, 0.29) is 36.5 Å². The molecule has 0 radical (unpaired) electrons. The Bertz CT molecular complexity index is 374. The molecule has 1 heterocycles. The standard InChI is InChI=1S/C8H11ClN4O3/c1-5-8(11-7(14)2-3-9)13-12-6(10-5)4-16-15/h15H,2-4H2,1H3,(H,11,13,14). The van der Waals surface area contributed by atoms with Crippen LogP contribution in [0.1, 0.15) is 17.9 Å². The van der Waals surface area contributed by atoms with Gasteiger partial charge >= 0.3 is 0 Å². The number of carbonyl (C=O) groups is 1. The van der Waals surface area contributed by atoms with E-state index in [0.29, 0.717) is 5.69 Å². The van der Waals surface area contributed by atoms with E-state index in [4.69, 9.17) is 16.9 Å². The number of anilines is 1. The zero-order valence-electron chi connectivity index (χ0n) is 8.60. The van der Waals surface area contributed by atoms with Crippen LogP contribution in [0.2, 0.25) is 0 Å². The Kier molecular flexibility index (Phi) is 5.03. The molecule has 0 saturated carbocycles. The van der Waals surface area contributed by atoms with Crippen LogP contribution in [0.25, 0.3) is 0 Å². The maximum atomic E-state index is 11.2. The molecule has 2 N–H and O–H groups in total. The number of alkyl halides is 1. The topological polar surface area (TPSA) is 97.2 Å². The lowest BCUT2D eigenvalue weighted by atomic mass is 10.4. The molecule has 0 aliphatic rings. The van der Waals surface area contributed by atoms with E-state index < -0.39 is 0 Å². The van der Waals surface area contributed by atoms with Crippen LogP contribution >= 0.6 is 11.6 Å². The number of aromatic nitrogens is 3. The van der Waals surface area contributed by atoms with Gasteiger partial charge in [0.05, 0.1) is 5.69 Å². The molecular weight excluding hydrogens is 236 g/mol.